The van der Waals surface area contributed by atoms with Crippen LogP contribution in [0.4, 0.5) is 0 Å². The molecule has 1 saturated heterocycles. The third-order valence-corrected chi connectivity index (χ3v) is 1.59. The first-order valence-electron chi connectivity index (χ1n) is 2.90. The molecule has 0 saturated carbocycles. The Hall–Kier alpha value is 0.750. The summed E-state index contributed by atoms with van der Waals surface area (Å²) in [6.07, 6.45) is 0. The highest BCUT2D eigenvalue weighted by atomic mass is 35.5. The molecule has 1 heterocycles. The van der Waals surface area contributed by atoms with Crippen molar-refractivity contribution in [2.24, 2.45) is 11.5 Å². The van der Waals surface area contributed by atoms with E-state index in [4.69, 9.17) is 11.5 Å². The summed E-state index contributed by atoms with van der Waals surface area (Å²) in [5.41, 5.74) is 11.2. The van der Waals surface area contributed by atoms with Gasteiger partial charge in [-0.3, -0.25) is 0 Å². The summed E-state index contributed by atoms with van der Waals surface area (Å²) in [5, 5.41) is 0. The van der Waals surface area contributed by atoms with Crippen LogP contribution in [0.25, 0.3) is 0 Å². The third kappa shape index (κ3) is 5.06. The monoisotopic (exact) mass is 223 g/mol. The van der Waals surface area contributed by atoms with Gasteiger partial charge in [-0.05, 0) is 7.05 Å². The summed E-state index contributed by atoms with van der Waals surface area (Å²) >= 11 is 0. The van der Waals surface area contributed by atoms with Gasteiger partial charge < -0.3 is 16.4 Å². The average Bonchev–Trinajstić information content (AvgIpc) is 1.85. The standard InChI is InChI=1S/C5H13N3.3ClH/c1-8-2-4(6)5(7)3-8;;;/h4-5H,2-3,6-7H2,1H3;3*1H. The number of halogens is 3. The van der Waals surface area contributed by atoms with E-state index < -0.39 is 0 Å². The zero-order valence-corrected chi connectivity index (χ0v) is 8.85. The number of nitrogens with two attached hydrogens (primary N) is 2. The normalized spacial score (nSPS) is 29.7. The molecule has 2 unspecified atom stereocenters. The van der Waals surface area contributed by atoms with Crippen LogP contribution in [0.2, 0.25) is 0 Å². The fourth-order valence-electron chi connectivity index (χ4n) is 1.07. The van der Waals surface area contributed by atoms with Gasteiger partial charge in [-0.25, -0.2) is 0 Å². The second kappa shape index (κ2) is 7.40. The number of likely N-dealkylation sites (tertiary alicyclic amines) is 1. The summed E-state index contributed by atoms with van der Waals surface area (Å²) in [4.78, 5) is 2.15. The first kappa shape index (κ1) is 17.7. The lowest BCUT2D eigenvalue weighted by atomic mass is 10.2. The minimum atomic E-state index is 0. The van der Waals surface area contributed by atoms with Crippen molar-refractivity contribution in [3.63, 3.8) is 0 Å². The Morgan fingerprint density at radius 3 is 1.36 bits per heavy atom. The molecule has 11 heavy (non-hydrogen) atoms. The van der Waals surface area contributed by atoms with E-state index in [2.05, 4.69) is 4.90 Å². The minimum Gasteiger partial charge on any atom is -0.325 e. The summed E-state index contributed by atoms with van der Waals surface area (Å²) in [6.45, 7) is 1.89. The van der Waals surface area contributed by atoms with Crippen molar-refractivity contribution < 1.29 is 0 Å². The van der Waals surface area contributed by atoms with E-state index in [1.165, 1.54) is 0 Å². The molecule has 1 aliphatic rings. The molecule has 0 spiro atoms. The molecule has 0 bridgehead atoms. The molecular formula is C5H16Cl3N3. The van der Waals surface area contributed by atoms with Crippen LogP contribution in [0.3, 0.4) is 0 Å². The van der Waals surface area contributed by atoms with Crippen LogP contribution in [0.5, 0.6) is 0 Å². The van der Waals surface area contributed by atoms with Crippen molar-refractivity contribution in [1.82, 2.24) is 4.90 Å². The molecule has 0 radical (unpaired) electrons. The van der Waals surface area contributed by atoms with Crippen molar-refractivity contribution in [1.29, 1.82) is 0 Å². The van der Waals surface area contributed by atoms with E-state index >= 15 is 0 Å². The van der Waals surface area contributed by atoms with Crippen LogP contribution in [-0.2, 0) is 0 Å². The summed E-state index contributed by atoms with van der Waals surface area (Å²) in [5.74, 6) is 0. The van der Waals surface area contributed by atoms with Gasteiger partial charge in [-0.1, -0.05) is 0 Å². The van der Waals surface area contributed by atoms with Crippen LogP contribution in [0.1, 0.15) is 0 Å². The van der Waals surface area contributed by atoms with Gasteiger partial charge in [0.2, 0.25) is 0 Å². The van der Waals surface area contributed by atoms with Crippen LogP contribution >= 0.6 is 37.2 Å². The first-order chi connectivity index (χ1) is 3.70. The Kier molecular flexibility index (Phi) is 11.9. The molecular weight excluding hydrogens is 208 g/mol. The fourth-order valence-corrected chi connectivity index (χ4v) is 1.07. The van der Waals surface area contributed by atoms with Crippen molar-refractivity contribution in [2.45, 2.75) is 12.1 Å². The lowest BCUT2D eigenvalue weighted by molar-refractivity contribution is 0.407. The fraction of sp³-hybridized carbons (Fsp3) is 1.00. The predicted molar refractivity (Wildman–Crippen MR) is 55.2 cm³/mol. The Bertz CT molecular complexity index is 83.0. The molecule has 72 valence electrons. The van der Waals surface area contributed by atoms with E-state index in [-0.39, 0.29) is 49.3 Å². The Labute approximate surface area is 86.1 Å². The van der Waals surface area contributed by atoms with Gasteiger partial charge in [0.1, 0.15) is 0 Å². The maximum atomic E-state index is 5.60. The van der Waals surface area contributed by atoms with E-state index in [1.807, 2.05) is 7.05 Å². The zero-order valence-electron chi connectivity index (χ0n) is 6.40. The summed E-state index contributed by atoms with van der Waals surface area (Å²) in [6, 6.07) is 0.389. The van der Waals surface area contributed by atoms with E-state index in [1.54, 1.807) is 0 Å². The number of likely N-dealkylation sites (N-methyl/N-ethyl adjacent to an activating group) is 1. The van der Waals surface area contributed by atoms with E-state index in [9.17, 15) is 0 Å². The molecule has 6 heteroatoms. The van der Waals surface area contributed by atoms with Crippen molar-refractivity contribution in [3.8, 4) is 0 Å². The molecule has 0 aromatic carbocycles. The highest BCUT2D eigenvalue weighted by Gasteiger charge is 2.23. The maximum absolute atomic E-state index is 5.60. The lowest BCUT2D eigenvalue weighted by Crippen LogP contribution is -2.39. The minimum absolute atomic E-state index is 0. The van der Waals surface area contributed by atoms with Gasteiger partial charge in [0.15, 0.2) is 0 Å². The van der Waals surface area contributed by atoms with Crippen LogP contribution in [0.15, 0.2) is 0 Å². The summed E-state index contributed by atoms with van der Waals surface area (Å²) < 4.78 is 0. The largest absolute Gasteiger partial charge is 0.325 e. The molecule has 1 aliphatic heterocycles. The Morgan fingerprint density at radius 1 is 1.00 bits per heavy atom. The molecule has 0 amide bonds. The average molecular weight is 225 g/mol. The first-order valence-corrected chi connectivity index (χ1v) is 2.90. The molecule has 3 nitrogen and oxygen atoms in total. The van der Waals surface area contributed by atoms with Crippen molar-refractivity contribution in [2.75, 3.05) is 20.1 Å². The summed E-state index contributed by atoms with van der Waals surface area (Å²) in [7, 11) is 2.03. The molecule has 0 aromatic rings. The van der Waals surface area contributed by atoms with Gasteiger partial charge in [0.25, 0.3) is 0 Å². The second-order valence-corrected chi connectivity index (χ2v) is 2.55. The third-order valence-electron chi connectivity index (χ3n) is 1.59. The molecule has 4 N–H and O–H groups in total. The molecule has 0 aliphatic carbocycles. The molecule has 2 atom stereocenters. The Balaban J connectivity index is -0.000000213. The molecule has 1 rings (SSSR count). The lowest BCUT2D eigenvalue weighted by Gasteiger charge is -2.04. The van der Waals surface area contributed by atoms with Crippen LogP contribution in [0, 0.1) is 0 Å². The zero-order chi connectivity index (χ0) is 6.15. The number of nitrogens with zero attached hydrogens (tertiary/aromatic N) is 1. The maximum Gasteiger partial charge on any atom is 0.0334 e. The SMILES string of the molecule is CN1CC(N)C(N)C1.Cl.Cl.Cl. The van der Waals surface area contributed by atoms with Crippen molar-refractivity contribution >= 4 is 37.2 Å². The van der Waals surface area contributed by atoms with Gasteiger partial charge in [-0.15, -0.1) is 37.2 Å². The highest BCUT2D eigenvalue weighted by molar-refractivity contribution is 5.86. The second-order valence-electron chi connectivity index (χ2n) is 2.55. The topological polar surface area (TPSA) is 55.3 Å². The van der Waals surface area contributed by atoms with Crippen LogP contribution < -0.4 is 11.5 Å². The van der Waals surface area contributed by atoms with Gasteiger partial charge >= 0.3 is 0 Å². The molecule has 0 aromatic heterocycles. The van der Waals surface area contributed by atoms with Gasteiger partial charge in [0.05, 0.1) is 0 Å². The number of hydrogen-bond acceptors (Lipinski definition) is 3. The number of hydrogen-bond donors (Lipinski definition) is 2. The van der Waals surface area contributed by atoms with E-state index in [0.29, 0.717) is 0 Å². The smallest absolute Gasteiger partial charge is 0.0334 e. The number of rotatable bonds is 0. The Morgan fingerprint density at radius 2 is 1.27 bits per heavy atom. The van der Waals surface area contributed by atoms with Crippen molar-refractivity contribution in [3.05, 3.63) is 0 Å². The van der Waals surface area contributed by atoms with Gasteiger partial charge in [0, 0.05) is 25.2 Å². The van der Waals surface area contributed by atoms with Gasteiger partial charge in [-0.2, -0.15) is 0 Å². The predicted octanol–water partition coefficient (Wildman–Crippen LogP) is -0.148. The highest BCUT2D eigenvalue weighted by Crippen LogP contribution is 2.01. The quantitative estimate of drug-likeness (QED) is 0.602. The molecule has 1 fully saturated rings. The van der Waals surface area contributed by atoms with E-state index in [0.717, 1.165) is 13.1 Å². The van der Waals surface area contributed by atoms with Crippen LogP contribution in [-0.4, -0.2) is 37.1 Å².